The summed E-state index contributed by atoms with van der Waals surface area (Å²) in [6, 6.07) is 6.31. The maximum atomic E-state index is 13.5. The Hall–Kier alpha value is -3.21. The van der Waals surface area contributed by atoms with Crippen LogP contribution < -0.4 is 4.90 Å². The molecule has 2 fully saturated rings. The minimum absolute atomic E-state index is 0.00841. The summed E-state index contributed by atoms with van der Waals surface area (Å²) in [5, 5.41) is 11.5. The number of alkyl halides is 3. The largest absolute Gasteiger partial charge is 0.416 e. The predicted molar refractivity (Wildman–Crippen MR) is 122 cm³/mol. The first-order chi connectivity index (χ1) is 16.7. The molecule has 2 aromatic rings. The second-order valence-corrected chi connectivity index (χ2v) is 8.93. The molecule has 1 amide bonds. The lowest BCUT2D eigenvalue weighted by Gasteiger charge is -2.36. The van der Waals surface area contributed by atoms with Gasteiger partial charge < -0.3 is 14.5 Å². The number of nitro benzene ring substituents is 1. The molecule has 0 aliphatic carbocycles. The van der Waals surface area contributed by atoms with Gasteiger partial charge in [-0.25, -0.2) is 0 Å². The van der Waals surface area contributed by atoms with Gasteiger partial charge in [0.1, 0.15) is 5.69 Å². The number of hydrogen-bond acceptors (Lipinski definition) is 6. The molecule has 0 saturated carbocycles. The third-order valence-electron chi connectivity index (χ3n) is 6.54. The SMILES string of the molecule is O=C(C1CCN(c2ccc(C(F)(F)F)cc2[N+](=O)[O-])CC1)N(Cc1cccnc1)CC1CCCO1. The van der Waals surface area contributed by atoms with Crippen LogP contribution in [0.1, 0.15) is 36.8 Å². The Kier molecular flexibility index (Phi) is 7.54. The molecule has 1 atom stereocenters. The maximum Gasteiger partial charge on any atom is 0.416 e. The van der Waals surface area contributed by atoms with Crippen molar-refractivity contribution in [3.63, 3.8) is 0 Å². The molecule has 0 spiro atoms. The summed E-state index contributed by atoms with van der Waals surface area (Å²) in [6.45, 7) is 2.26. The number of piperidine rings is 1. The number of aromatic nitrogens is 1. The fraction of sp³-hybridized carbons (Fsp3) is 0.500. The van der Waals surface area contributed by atoms with Gasteiger partial charge in [-0.2, -0.15) is 13.2 Å². The summed E-state index contributed by atoms with van der Waals surface area (Å²) in [5.74, 6) is -0.288. The summed E-state index contributed by atoms with van der Waals surface area (Å²) >= 11 is 0. The predicted octanol–water partition coefficient (Wildman–Crippen LogP) is 4.43. The molecule has 1 aromatic heterocycles. The normalized spacial score (nSPS) is 19.1. The van der Waals surface area contributed by atoms with Crippen molar-refractivity contribution >= 4 is 17.3 Å². The fourth-order valence-corrected chi connectivity index (χ4v) is 4.72. The highest BCUT2D eigenvalue weighted by Crippen LogP contribution is 2.38. The Morgan fingerprint density at radius 1 is 1.23 bits per heavy atom. The van der Waals surface area contributed by atoms with Gasteiger partial charge in [0.2, 0.25) is 5.91 Å². The Morgan fingerprint density at radius 3 is 2.60 bits per heavy atom. The highest BCUT2D eigenvalue weighted by atomic mass is 19.4. The summed E-state index contributed by atoms with van der Waals surface area (Å²) in [6.07, 6.45) is 1.48. The third-order valence-corrected chi connectivity index (χ3v) is 6.54. The van der Waals surface area contributed by atoms with E-state index >= 15 is 0 Å². The van der Waals surface area contributed by atoms with E-state index in [-0.39, 0.29) is 23.6 Å². The van der Waals surface area contributed by atoms with Crippen LogP contribution >= 0.6 is 0 Å². The van der Waals surface area contributed by atoms with Crippen molar-refractivity contribution in [1.29, 1.82) is 0 Å². The van der Waals surface area contributed by atoms with Gasteiger partial charge in [0.15, 0.2) is 0 Å². The molecule has 0 N–H and O–H groups in total. The molecule has 35 heavy (non-hydrogen) atoms. The van der Waals surface area contributed by atoms with Gasteiger partial charge in [-0.3, -0.25) is 19.9 Å². The van der Waals surface area contributed by atoms with E-state index in [0.717, 1.165) is 30.5 Å². The van der Waals surface area contributed by atoms with Gasteiger partial charge in [0, 0.05) is 57.2 Å². The van der Waals surface area contributed by atoms with Crippen molar-refractivity contribution < 1.29 is 27.6 Å². The fourth-order valence-electron chi connectivity index (χ4n) is 4.72. The van der Waals surface area contributed by atoms with Crippen LogP contribution in [0.15, 0.2) is 42.7 Å². The zero-order valence-electron chi connectivity index (χ0n) is 19.1. The van der Waals surface area contributed by atoms with Gasteiger partial charge in [0.05, 0.1) is 16.6 Å². The summed E-state index contributed by atoms with van der Waals surface area (Å²) < 4.78 is 44.8. The third kappa shape index (κ3) is 6.08. The van der Waals surface area contributed by atoms with E-state index in [1.165, 1.54) is 0 Å². The first-order valence-corrected chi connectivity index (χ1v) is 11.6. The highest BCUT2D eigenvalue weighted by Gasteiger charge is 2.36. The number of hydrogen-bond donors (Lipinski definition) is 0. The molecular formula is C24H27F3N4O4. The molecule has 8 nitrogen and oxygen atoms in total. The van der Waals surface area contributed by atoms with E-state index in [9.17, 15) is 28.1 Å². The highest BCUT2D eigenvalue weighted by molar-refractivity contribution is 5.79. The van der Waals surface area contributed by atoms with Crippen LogP contribution in [0, 0.1) is 16.0 Å². The number of benzene rings is 1. The van der Waals surface area contributed by atoms with Crippen LogP contribution in [0.2, 0.25) is 0 Å². The van der Waals surface area contributed by atoms with Gasteiger partial charge in [-0.1, -0.05) is 6.07 Å². The second kappa shape index (κ2) is 10.6. The number of pyridine rings is 1. The van der Waals surface area contributed by atoms with Crippen molar-refractivity contribution in [3.8, 4) is 0 Å². The van der Waals surface area contributed by atoms with E-state index in [2.05, 4.69) is 4.98 Å². The molecule has 11 heteroatoms. The van der Waals surface area contributed by atoms with E-state index in [0.29, 0.717) is 51.7 Å². The number of rotatable bonds is 7. The van der Waals surface area contributed by atoms with E-state index in [1.54, 1.807) is 22.2 Å². The van der Waals surface area contributed by atoms with Gasteiger partial charge >= 0.3 is 6.18 Å². The Labute approximate surface area is 200 Å². The molecule has 3 heterocycles. The summed E-state index contributed by atoms with van der Waals surface area (Å²) in [7, 11) is 0. The standard InChI is InChI=1S/C24H27F3N4O4/c25-24(26,27)19-5-6-21(22(13-19)31(33)34)29-10-7-18(8-11-29)23(32)30(16-20-4-2-12-35-20)15-17-3-1-9-28-14-17/h1,3,5-6,9,13-14,18,20H,2,4,7-8,10-12,15-16H2. The molecule has 2 aliphatic heterocycles. The molecule has 1 aromatic carbocycles. The molecule has 4 rings (SSSR count). The zero-order chi connectivity index (χ0) is 25.0. The van der Waals surface area contributed by atoms with Crippen LogP contribution in [0.5, 0.6) is 0 Å². The number of nitro groups is 1. The molecule has 188 valence electrons. The second-order valence-electron chi connectivity index (χ2n) is 8.93. The number of carbonyl (C=O) groups excluding carboxylic acids is 1. The number of anilines is 1. The van der Waals surface area contributed by atoms with Crippen LogP contribution in [0.4, 0.5) is 24.5 Å². The van der Waals surface area contributed by atoms with Gasteiger partial charge in [-0.05, 0) is 49.4 Å². The lowest BCUT2D eigenvalue weighted by Crippen LogP contribution is -2.44. The Balaban J connectivity index is 1.45. The number of nitrogens with zero attached hydrogens (tertiary/aromatic N) is 4. The van der Waals surface area contributed by atoms with Crippen LogP contribution in [-0.2, 0) is 22.3 Å². The van der Waals surface area contributed by atoms with Crippen LogP contribution in [-0.4, -0.2) is 53.1 Å². The van der Waals surface area contributed by atoms with E-state index in [1.807, 2.05) is 12.1 Å². The molecule has 0 bridgehead atoms. The van der Waals surface area contributed by atoms with Gasteiger partial charge in [-0.15, -0.1) is 0 Å². The van der Waals surface area contributed by atoms with Crippen LogP contribution in [0.3, 0.4) is 0 Å². The van der Waals surface area contributed by atoms with Crippen molar-refractivity contribution in [2.24, 2.45) is 5.92 Å². The Morgan fingerprint density at radius 2 is 2.00 bits per heavy atom. The van der Waals surface area contributed by atoms with Crippen LogP contribution in [0.25, 0.3) is 0 Å². The van der Waals surface area contributed by atoms with Crippen molar-refractivity contribution in [3.05, 3.63) is 64.0 Å². The average Bonchev–Trinajstić information content (AvgIpc) is 3.36. The topological polar surface area (TPSA) is 88.8 Å². The minimum Gasteiger partial charge on any atom is -0.376 e. The maximum absolute atomic E-state index is 13.5. The van der Waals surface area contributed by atoms with E-state index in [4.69, 9.17) is 4.74 Å². The van der Waals surface area contributed by atoms with Gasteiger partial charge in [0.25, 0.3) is 5.69 Å². The average molecular weight is 492 g/mol. The molecule has 1 unspecified atom stereocenters. The number of halogens is 3. The number of ether oxygens (including phenoxy) is 1. The van der Waals surface area contributed by atoms with Crippen molar-refractivity contribution in [2.45, 2.75) is 44.5 Å². The zero-order valence-corrected chi connectivity index (χ0v) is 19.1. The minimum atomic E-state index is -4.66. The molecule has 0 radical (unpaired) electrons. The Bertz CT molecular complexity index is 1040. The molecule has 2 aliphatic rings. The number of carbonyl (C=O) groups is 1. The summed E-state index contributed by atoms with van der Waals surface area (Å²) in [5.41, 5.74) is -0.587. The first-order valence-electron chi connectivity index (χ1n) is 11.6. The van der Waals surface area contributed by atoms with Crippen molar-refractivity contribution in [2.75, 3.05) is 31.1 Å². The van der Waals surface area contributed by atoms with E-state index < -0.39 is 22.4 Å². The molecular weight excluding hydrogens is 465 g/mol. The molecule has 2 saturated heterocycles. The first kappa shape index (κ1) is 24.9. The lowest BCUT2D eigenvalue weighted by molar-refractivity contribution is -0.384. The quantitative estimate of drug-likeness (QED) is 0.420. The lowest BCUT2D eigenvalue weighted by atomic mass is 9.94. The van der Waals surface area contributed by atoms with Crippen molar-refractivity contribution in [1.82, 2.24) is 9.88 Å². The smallest absolute Gasteiger partial charge is 0.376 e. The number of amides is 1. The monoisotopic (exact) mass is 492 g/mol. The summed E-state index contributed by atoms with van der Waals surface area (Å²) in [4.78, 5) is 31.8.